The van der Waals surface area contributed by atoms with Crippen LogP contribution in [0.1, 0.15) is 6.92 Å². The van der Waals surface area contributed by atoms with Gasteiger partial charge in [0.1, 0.15) is 5.82 Å². The standard InChI is InChI=1S/C7H6ClIN2O3S/c1-4(12)10-6-2-5(9)3-7(11-6)15(8,13)14/h2-3H,1H3,(H,10,11,12). The Morgan fingerprint density at radius 3 is 2.60 bits per heavy atom. The SMILES string of the molecule is CC(=O)Nc1cc(I)cc(S(=O)(=O)Cl)n1. The fourth-order valence-electron chi connectivity index (χ4n) is 0.843. The number of nitrogens with one attached hydrogen (secondary N) is 1. The van der Waals surface area contributed by atoms with E-state index in [1.165, 1.54) is 19.1 Å². The normalized spacial score (nSPS) is 11.1. The summed E-state index contributed by atoms with van der Waals surface area (Å²) in [7, 11) is 1.25. The summed E-state index contributed by atoms with van der Waals surface area (Å²) in [6.45, 7) is 1.30. The van der Waals surface area contributed by atoms with E-state index >= 15 is 0 Å². The van der Waals surface area contributed by atoms with Crippen molar-refractivity contribution in [2.75, 3.05) is 5.32 Å². The van der Waals surface area contributed by atoms with Gasteiger partial charge in [-0.25, -0.2) is 13.4 Å². The summed E-state index contributed by atoms with van der Waals surface area (Å²) in [5, 5.41) is 2.10. The van der Waals surface area contributed by atoms with Gasteiger partial charge in [0.05, 0.1) is 0 Å². The van der Waals surface area contributed by atoms with Gasteiger partial charge in [0.2, 0.25) is 5.91 Å². The molecule has 82 valence electrons. The molecule has 0 bridgehead atoms. The van der Waals surface area contributed by atoms with Crippen LogP contribution in [0.2, 0.25) is 0 Å². The minimum atomic E-state index is -3.88. The lowest BCUT2D eigenvalue weighted by Gasteiger charge is -2.03. The van der Waals surface area contributed by atoms with Crippen molar-refractivity contribution in [3.8, 4) is 0 Å². The molecular formula is C7H6ClIN2O3S. The summed E-state index contributed by atoms with van der Waals surface area (Å²) in [5.74, 6) is -0.170. The van der Waals surface area contributed by atoms with Crippen molar-refractivity contribution in [3.05, 3.63) is 15.7 Å². The molecule has 15 heavy (non-hydrogen) atoms. The van der Waals surface area contributed by atoms with Gasteiger partial charge in [-0.2, -0.15) is 0 Å². The van der Waals surface area contributed by atoms with Gasteiger partial charge in [-0.05, 0) is 34.7 Å². The molecule has 0 radical (unpaired) electrons. The van der Waals surface area contributed by atoms with Crippen LogP contribution in [0.25, 0.3) is 0 Å². The van der Waals surface area contributed by atoms with E-state index in [9.17, 15) is 13.2 Å². The Labute approximate surface area is 105 Å². The maximum absolute atomic E-state index is 11.0. The highest BCUT2D eigenvalue weighted by atomic mass is 127. The van der Waals surface area contributed by atoms with Crippen molar-refractivity contribution in [1.82, 2.24) is 4.98 Å². The monoisotopic (exact) mass is 360 g/mol. The van der Waals surface area contributed by atoms with Crippen molar-refractivity contribution >= 4 is 54.0 Å². The fourth-order valence-corrected chi connectivity index (χ4v) is 2.36. The van der Waals surface area contributed by atoms with Crippen LogP contribution in [0.5, 0.6) is 0 Å². The van der Waals surface area contributed by atoms with Crippen molar-refractivity contribution < 1.29 is 13.2 Å². The van der Waals surface area contributed by atoms with Gasteiger partial charge in [-0.3, -0.25) is 4.79 Å². The Morgan fingerprint density at radius 1 is 1.53 bits per heavy atom. The molecule has 1 heterocycles. The third kappa shape index (κ3) is 3.92. The largest absolute Gasteiger partial charge is 0.311 e. The molecule has 0 fully saturated rings. The fraction of sp³-hybridized carbons (Fsp3) is 0.143. The molecule has 1 amide bonds. The highest BCUT2D eigenvalue weighted by Gasteiger charge is 2.14. The number of hydrogen-bond donors (Lipinski definition) is 1. The molecule has 0 aliphatic heterocycles. The molecule has 0 saturated carbocycles. The summed E-state index contributed by atoms with van der Waals surface area (Å²) in [6, 6.07) is 2.85. The van der Waals surface area contributed by atoms with Crippen LogP contribution in [-0.2, 0) is 13.8 Å². The third-order valence-electron chi connectivity index (χ3n) is 1.32. The average molecular weight is 361 g/mol. The molecule has 0 saturated heterocycles. The zero-order chi connectivity index (χ0) is 11.6. The molecule has 1 aromatic heterocycles. The molecule has 0 spiro atoms. The zero-order valence-corrected chi connectivity index (χ0v) is 11.2. The van der Waals surface area contributed by atoms with E-state index in [1.807, 2.05) is 22.6 Å². The van der Waals surface area contributed by atoms with E-state index < -0.39 is 9.05 Å². The van der Waals surface area contributed by atoms with Crippen molar-refractivity contribution in [2.24, 2.45) is 0 Å². The molecule has 0 unspecified atom stereocenters. The highest BCUT2D eigenvalue weighted by molar-refractivity contribution is 14.1. The number of rotatable bonds is 2. The lowest BCUT2D eigenvalue weighted by atomic mass is 10.4. The number of carbonyl (C=O) groups is 1. The van der Waals surface area contributed by atoms with Gasteiger partial charge in [-0.15, -0.1) is 0 Å². The van der Waals surface area contributed by atoms with Crippen LogP contribution in [0.15, 0.2) is 17.2 Å². The predicted molar refractivity (Wildman–Crippen MR) is 64.3 cm³/mol. The van der Waals surface area contributed by atoms with Gasteiger partial charge in [-0.1, -0.05) is 0 Å². The number of pyridine rings is 1. The predicted octanol–water partition coefficient (Wildman–Crippen LogP) is 1.57. The van der Waals surface area contributed by atoms with Crippen LogP contribution in [-0.4, -0.2) is 19.3 Å². The Morgan fingerprint density at radius 2 is 2.13 bits per heavy atom. The maximum Gasteiger partial charge on any atom is 0.278 e. The summed E-state index contributed by atoms with van der Waals surface area (Å²) in [5.41, 5.74) is 0. The lowest BCUT2D eigenvalue weighted by molar-refractivity contribution is -0.114. The summed E-state index contributed by atoms with van der Waals surface area (Å²) < 4.78 is 22.6. The minimum Gasteiger partial charge on any atom is -0.311 e. The van der Waals surface area contributed by atoms with E-state index in [0.717, 1.165) is 0 Å². The Hall–Kier alpha value is -0.410. The van der Waals surface area contributed by atoms with Crippen molar-refractivity contribution in [2.45, 2.75) is 11.9 Å². The van der Waals surface area contributed by atoms with E-state index in [2.05, 4.69) is 10.3 Å². The van der Waals surface area contributed by atoms with Gasteiger partial charge in [0.25, 0.3) is 9.05 Å². The van der Waals surface area contributed by atoms with Crippen molar-refractivity contribution in [1.29, 1.82) is 0 Å². The molecule has 0 aliphatic rings. The third-order valence-corrected chi connectivity index (χ3v) is 3.13. The van der Waals surface area contributed by atoms with Gasteiger partial charge in [0, 0.05) is 21.2 Å². The molecular weight excluding hydrogens is 355 g/mol. The van der Waals surface area contributed by atoms with Crippen LogP contribution in [0, 0.1) is 3.57 Å². The van der Waals surface area contributed by atoms with E-state index in [-0.39, 0.29) is 16.8 Å². The number of hydrogen-bond acceptors (Lipinski definition) is 4. The first-order valence-corrected chi connectivity index (χ1v) is 7.07. The first kappa shape index (κ1) is 12.7. The smallest absolute Gasteiger partial charge is 0.278 e. The molecule has 0 atom stereocenters. The molecule has 8 heteroatoms. The number of carbonyl (C=O) groups excluding carboxylic acids is 1. The molecule has 1 N–H and O–H groups in total. The van der Waals surface area contributed by atoms with Gasteiger partial charge < -0.3 is 5.32 Å². The van der Waals surface area contributed by atoms with E-state index in [0.29, 0.717) is 3.57 Å². The van der Waals surface area contributed by atoms with E-state index in [1.54, 1.807) is 0 Å². The van der Waals surface area contributed by atoms with Crippen LogP contribution >= 0.6 is 33.3 Å². The quantitative estimate of drug-likeness (QED) is 0.642. The first-order chi connectivity index (χ1) is 6.79. The number of anilines is 1. The van der Waals surface area contributed by atoms with Crippen LogP contribution in [0.3, 0.4) is 0 Å². The second kappa shape index (κ2) is 4.62. The summed E-state index contributed by atoms with van der Waals surface area (Å²) >= 11 is 1.90. The molecule has 5 nitrogen and oxygen atoms in total. The van der Waals surface area contributed by atoms with Crippen molar-refractivity contribution in [3.63, 3.8) is 0 Å². The second-order valence-corrected chi connectivity index (χ2v) is 6.39. The van der Waals surface area contributed by atoms with Gasteiger partial charge >= 0.3 is 0 Å². The molecule has 1 rings (SSSR count). The first-order valence-electron chi connectivity index (χ1n) is 3.69. The zero-order valence-electron chi connectivity index (χ0n) is 7.49. The van der Waals surface area contributed by atoms with Crippen LogP contribution < -0.4 is 5.32 Å². The van der Waals surface area contributed by atoms with Gasteiger partial charge in [0.15, 0.2) is 5.03 Å². The van der Waals surface area contributed by atoms with Crippen LogP contribution in [0.4, 0.5) is 5.82 Å². The molecule has 1 aromatic rings. The number of aromatic nitrogens is 1. The number of nitrogens with zero attached hydrogens (tertiary/aromatic N) is 1. The Bertz CT molecular complexity index is 503. The maximum atomic E-state index is 11.0. The molecule has 0 aliphatic carbocycles. The summed E-state index contributed by atoms with van der Waals surface area (Å²) in [4.78, 5) is 14.4. The topological polar surface area (TPSA) is 76.1 Å². The van der Waals surface area contributed by atoms with E-state index in [4.69, 9.17) is 10.7 Å². The number of halogens is 2. The average Bonchev–Trinajstić information content (AvgIpc) is 1.99. The number of amides is 1. The highest BCUT2D eigenvalue weighted by Crippen LogP contribution is 2.19. The summed E-state index contributed by atoms with van der Waals surface area (Å²) in [6.07, 6.45) is 0. The lowest BCUT2D eigenvalue weighted by Crippen LogP contribution is -2.09. The molecule has 0 aromatic carbocycles. The minimum absolute atomic E-state index is 0.161. The Kier molecular flexibility index (Phi) is 3.90. The second-order valence-electron chi connectivity index (χ2n) is 2.63. The Balaban J connectivity index is 3.23.